The highest BCUT2D eigenvalue weighted by atomic mass is 79.9. The van der Waals surface area contributed by atoms with Gasteiger partial charge in [0.25, 0.3) is 0 Å². The lowest BCUT2D eigenvalue weighted by molar-refractivity contribution is 0.0696. The summed E-state index contributed by atoms with van der Waals surface area (Å²) in [6.07, 6.45) is 9.01. The second-order valence-corrected chi connectivity index (χ2v) is 6.04. The third kappa shape index (κ3) is 4.23. The summed E-state index contributed by atoms with van der Waals surface area (Å²) in [4.78, 5) is 11.0. The van der Waals surface area contributed by atoms with Crippen molar-refractivity contribution in [2.45, 2.75) is 51.0 Å². The van der Waals surface area contributed by atoms with Crippen molar-refractivity contribution in [3.63, 3.8) is 0 Å². The van der Waals surface area contributed by atoms with Crippen LogP contribution < -0.4 is 5.32 Å². The largest absolute Gasteiger partial charge is 0.478 e. The Morgan fingerprint density at radius 1 is 1.16 bits per heavy atom. The maximum atomic E-state index is 11.0. The average molecular weight is 326 g/mol. The van der Waals surface area contributed by atoms with Crippen LogP contribution in [0, 0.1) is 0 Å². The molecule has 19 heavy (non-hydrogen) atoms. The molecule has 2 N–H and O–H groups in total. The molecule has 1 fully saturated rings. The van der Waals surface area contributed by atoms with Gasteiger partial charge in [0.1, 0.15) is 0 Å². The molecule has 4 heteroatoms. The third-order valence-corrected chi connectivity index (χ3v) is 4.33. The van der Waals surface area contributed by atoms with E-state index in [1.807, 2.05) is 12.1 Å². The van der Waals surface area contributed by atoms with Crippen LogP contribution in [-0.2, 0) is 0 Å². The Morgan fingerprint density at radius 2 is 1.79 bits per heavy atom. The summed E-state index contributed by atoms with van der Waals surface area (Å²) in [7, 11) is 0. The van der Waals surface area contributed by atoms with Crippen molar-refractivity contribution in [3.05, 3.63) is 28.2 Å². The van der Waals surface area contributed by atoms with Crippen LogP contribution in [0.1, 0.15) is 55.3 Å². The van der Waals surface area contributed by atoms with Crippen LogP contribution in [0.2, 0.25) is 0 Å². The van der Waals surface area contributed by atoms with Gasteiger partial charge in [-0.2, -0.15) is 0 Å². The number of rotatable bonds is 3. The SMILES string of the molecule is O=C(O)c1ccc(NC2CCCCCCC2)cc1Br. The number of hydrogen-bond acceptors (Lipinski definition) is 2. The van der Waals surface area contributed by atoms with Gasteiger partial charge in [0.2, 0.25) is 0 Å². The topological polar surface area (TPSA) is 49.3 Å². The number of nitrogens with one attached hydrogen (secondary N) is 1. The molecule has 0 amide bonds. The van der Waals surface area contributed by atoms with Crippen LogP contribution >= 0.6 is 15.9 Å². The summed E-state index contributed by atoms with van der Waals surface area (Å²) in [6.45, 7) is 0. The van der Waals surface area contributed by atoms with Crippen molar-refractivity contribution < 1.29 is 9.90 Å². The number of carboxylic acids is 1. The van der Waals surface area contributed by atoms with Gasteiger partial charge in [-0.15, -0.1) is 0 Å². The quantitative estimate of drug-likeness (QED) is 0.848. The van der Waals surface area contributed by atoms with E-state index in [1.54, 1.807) is 6.07 Å². The van der Waals surface area contributed by atoms with E-state index in [4.69, 9.17) is 5.11 Å². The molecule has 0 unspecified atom stereocenters. The first-order valence-electron chi connectivity index (χ1n) is 6.96. The number of hydrogen-bond donors (Lipinski definition) is 2. The van der Waals surface area contributed by atoms with E-state index in [-0.39, 0.29) is 0 Å². The molecule has 3 nitrogen and oxygen atoms in total. The lowest BCUT2D eigenvalue weighted by Crippen LogP contribution is -2.20. The summed E-state index contributed by atoms with van der Waals surface area (Å²) in [5.74, 6) is -0.899. The molecule has 2 rings (SSSR count). The molecule has 0 aromatic heterocycles. The van der Waals surface area contributed by atoms with Gasteiger partial charge >= 0.3 is 5.97 Å². The second-order valence-electron chi connectivity index (χ2n) is 5.19. The van der Waals surface area contributed by atoms with Gasteiger partial charge in [-0.05, 0) is 47.0 Å². The van der Waals surface area contributed by atoms with E-state index in [2.05, 4.69) is 21.2 Å². The molecular formula is C15H20BrNO2. The fourth-order valence-electron chi connectivity index (χ4n) is 2.61. The number of halogens is 1. The monoisotopic (exact) mass is 325 g/mol. The van der Waals surface area contributed by atoms with E-state index in [1.165, 1.54) is 44.9 Å². The molecule has 1 aliphatic carbocycles. The van der Waals surface area contributed by atoms with Crippen LogP contribution in [0.25, 0.3) is 0 Å². The smallest absolute Gasteiger partial charge is 0.336 e. The summed E-state index contributed by atoms with van der Waals surface area (Å²) in [5, 5.41) is 12.5. The van der Waals surface area contributed by atoms with Crippen molar-refractivity contribution in [2.75, 3.05) is 5.32 Å². The Hall–Kier alpha value is -1.03. The highest BCUT2D eigenvalue weighted by molar-refractivity contribution is 9.10. The predicted molar refractivity (Wildman–Crippen MR) is 80.8 cm³/mol. The number of aromatic carboxylic acids is 1. The Balaban J connectivity index is 2.01. The zero-order valence-electron chi connectivity index (χ0n) is 11.0. The fourth-order valence-corrected chi connectivity index (χ4v) is 3.16. The number of carboxylic acid groups (broad SMARTS) is 1. The van der Waals surface area contributed by atoms with Crippen LogP contribution in [-0.4, -0.2) is 17.1 Å². The molecule has 0 bridgehead atoms. The molecule has 0 atom stereocenters. The van der Waals surface area contributed by atoms with E-state index >= 15 is 0 Å². The minimum atomic E-state index is -0.899. The van der Waals surface area contributed by atoms with Crippen molar-refractivity contribution in [1.29, 1.82) is 0 Å². The maximum Gasteiger partial charge on any atom is 0.336 e. The molecule has 1 saturated carbocycles. The van der Waals surface area contributed by atoms with Gasteiger partial charge in [0.15, 0.2) is 0 Å². The van der Waals surface area contributed by atoms with E-state index in [0.29, 0.717) is 16.1 Å². The fraction of sp³-hybridized carbons (Fsp3) is 0.533. The minimum Gasteiger partial charge on any atom is -0.478 e. The van der Waals surface area contributed by atoms with Gasteiger partial charge in [-0.25, -0.2) is 4.79 Å². The number of carbonyl (C=O) groups is 1. The standard InChI is InChI=1S/C15H20BrNO2/c16-14-10-12(8-9-13(14)15(18)19)17-11-6-4-2-1-3-5-7-11/h8-11,17H,1-7H2,(H,18,19). The zero-order chi connectivity index (χ0) is 13.7. The van der Waals surface area contributed by atoms with Crippen molar-refractivity contribution in [2.24, 2.45) is 0 Å². The molecule has 0 radical (unpaired) electrons. The zero-order valence-corrected chi connectivity index (χ0v) is 12.6. The van der Waals surface area contributed by atoms with Gasteiger partial charge < -0.3 is 10.4 Å². The Kier molecular flexibility index (Phi) is 5.25. The van der Waals surface area contributed by atoms with Gasteiger partial charge in [0, 0.05) is 16.2 Å². The third-order valence-electron chi connectivity index (χ3n) is 3.68. The van der Waals surface area contributed by atoms with Crippen LogP contribution in [0.15, 0.2) is 22.7 Å². The van der Waals surface area contributed by atoms with Gasteiger partial charge in [-0.3, -0.25) is 0 Å². The van der Waals surface area contributed by atoms with Crippen molar-refractivity contribution in [3.8, 4) is 0 Å². The average Bonchev–Trinajstić information content (AvgIpc) is 2.32. The second kappa shape index (κ2) is 6.94. The maximum absolute atomic E-state index is 11.0. The van der Waals surface area contributed by atoms with Crippen LogP contribution in [0.4, 0.5) is 5.69 Å². The molecule has 1 aromatic rings. The summed E-state index contributed by atoms with van der Waals surface area (Å²) < 4.78 is 0.635. The molecule has 0 spiro atoms. The van der Waals surface area contributed by atoms with Crippen molar-refractivity contribution in [1.82, 2.24) is 0 Å². The van der Waals surface area contributed by atoms with Gasteiger partial charge in [-0.1, -0.05) is 32.1 Å². The van der Waals surface area contributed by atoms with E-state index in [0.717, 1.165) is 5.69 Å². The van der Waals surface area contributed by atoms with Crippen molar-refractivity contribution >= 4 is 27.6 Å². The number of anilines is 1. The van der Waals surface area contributed by atoms with Crippen LogP contribution in [0.3, 0.4) is 0 Å². The molecule has 104 valence electrons. The molecular weight excluding hydrogens is 306 g/mol. The van der Waals surface area contributed by atoms with E-state index in [9.17, 15) is 4.79 Å². The molecule has 0 aliphatic heterocycles. The Labute approximate surface area is 122 Å². The van der Waals surface area contributed by atoms with Gasteiger partial charge in [0.05, 0.1) is 5.56 Å². The summed E-state index contributed by atoms with van der Waals surface area (Å²) in [5.41, 5.74) is 1.31. The first kappa shape index (κ1) is 14.4. The Morgan fingerprint density at radius 3 is 2.37 bits per heavy atom. The highest BCUT2D eigenvalue weighted by Crippen LogP contribution is 2.25. The normalized spacial score (nSPS) is 17.5. The van der Waals surface area contributed by atoms with E-state index < -0.39 is 5.97 Å². The molecule has 1 aromatic carbocycles. The first-order valence-corrected chi connectivity index (χ1v) is 7.75. The van der Waals surface area contributed by atoms with Crippen LogP contribution in [0.5, 0.6) is 0 Å². The molecule has 1 aliphatic rings. The predicted octanol–water partition coefficient (Wildman–Crippen LogP) is 4.67. The summed E-state index contributed by atoms with van der Waals surface area (Å²) >= 11 is 3.32. The molecule has 0 saturated heterocycles. The first-order chi connectivity index (χ1) is 9.16. The molecule has 0 heterocycles. The number of benzene rings is 1. The highest BCUT2D eigenvalue weighted by Gasteiger charge is 2.13. The Bertz CT molecular complexity index is 440. The minimum absolute atomic E-state index is 0.309. The summed E-state index contributed by atoms with van der Waals surface area (Å²) in [6, 6.07) is 5.88. The lowest BCUT2D eigenvalue weighted by Gasteiger charge is -2.22. The lowest BCUT2D eigenvalue weighted by atomic mass is 9.96.